The number of ether oxygens (including phenoxy) is 5. The van der Waals surface area contributed by atoms with Crippen molar-refractivity contribution >= 4 is 50.4 Å². The van der Waals surface area contributed by atoms with E-state index in [1.165, 1.54) is 16.7 Å². The first-order chi connectivity index (χ1) is 21.8. The fraction of sp³-hybridized carbons (Fsp3) is 0.345. The summed E-state index contributed by atoms with van der Waals surface area (Å²) < 4.78 is 58.5. The van der Waals surface area contributed by atoms with Crippen molar-refractivity contribution in [1.29, 1.82) is 0 Å². The van der Waals surface area contributed by atoms with E-state index >= 15 is 0 Å². The molecular weight excluding hydrogens is 628 g/mol. The van der Waals surface area contributed by atoms with Gasteiger partial charge in [-0.25, -0.2) is 13.0 Å². The number of benzene rings is 2. The predicted molar refractivity (Wildman–Crippen MR) is 155 cm³/mol. The maximum Gasteiger partial charge on any atom is 0.303 e. The SMILES string of the molecule is CC(=O)OC[C@H]1O[C@@H](S(=O)(=O)c2nnc3n(-c4ccccc4)c(=O)c4ccccc4n23)[C@H](OC(C)=O)[C@@H](OC(C)=O)[C@@H]1OC(C)=O. The summed E-state index contributed by atoms with van der Waals surface area (Å²) in [5.41, 5.74) is -2.18. The molecule has 1 aliphatic rings. The van der Waals surface area contributed by atoms with Gasteiger partial charge in [-0.3, -0.25) is 28.4 Å². The Morgan fingerprint density at radius 1 is 0.783 bits per heavy atom. The van der Waals surface area contributed by atoms with Crippen LogP contribution >= 0.6 is 0 Å². The largest absolute Gasteiger partial charge is 0.463 e. The molecule has 1 aliphatic heterocycles. The second-order valence-corrected chi connectivity index (χ2v) is 12.1. The Kier molecular flexibility index (Phi) is 8.89. The highest BCUT2D eigenvalue weighted by molar-refractivity contribution is 7.91. The van der Waals surface area contributed by atoms with E-state index in [0.29, 0.717) is 5.69 Å². The molecule has 5 rings (SSSR count). The van der Waals surface area contributed by atoms with Crippen molar-refractivity contribution < 1.29 is 51.3 Å². The lowest BCUT2D eigenvalue weighted by atomic mass is 9.99. The van der Waals surface area contributed by atoms with Gasteiger partial charge in [-0.1, -0.05) is 30.3 Å². The summed E-state index contributed by atoms with van der Waals surface area (Å²) in [6.45, 7) is 3.48. The zero-order chi connectivity index (χ0) is 33.3. The van der Waals surface area contributed by atoms with Crippen molar-refractivity contribution in [1.82, 2.24) is 19.2 Å². The molecule has 46 heavy (non-hydrogen) atoms. The third kappa shape index (κ3) is 6.05. The number of carbonyl (C=O) groups is 4. The van der Waals surface area contributed by atoms with Crippen molar-refractivity contribution in [3.8, 4) is 5.69 Å². The van der Waals surface area contributed by atoms with Crippen LogP contribution in [0.3, 0.4) is 0 Å². The van der Waals surface area contributed by atoms with Crippen LogP contribution in [0.1, 0.15) is 27.7 Å². The number of carbonyl (C=O) groups excluding carboxylic acids is 4. The van der Waals surface area contributed by atoms with Crippen LogP contribution < -0.4 is 5.56 Å². The fourth-order valence-electron chi connectivity index (χ4n) is 5.22. The molecular formula is C29H28N4O12S. The molecule has 0 amide bonds. The average molecular weight is 657 g/mol. The Balaban J connectivity index is 1.76. The summed E-state index contributed by atoms with van der Waals surface area (Å²) in [6.07, 6.45) is -6.75. The van der Waals surface area contributed by atoms with E-state index in [1.807, 2.05) is 0 Å². The van der Waals surface area contributed by atoms with E-state index in [9.17, 15) is 32.4 Å². The smallest absolute Gasteiger partial charge is 0.303 e. The lowest BCUT2D eigenvalue weighted by Gasteiger charge is -2.43. The Hall–Kier alpha value is -5.16. The molecule has 0 unspecified atom stereocenters. The summed E-state index contributed by atoms with van der Waals surface area (Å²) in [7, 11) is -4.93. The predicted octanol–water partition coefficient (Wildman–Crippen LogP) is 0.890. The van der Waals surface area contributed by atoms with Crippen LogP contribution in [-0.4, -0.2) is 87.9 Å². The number of hydrogen-bond acceptors (Lipinski definition) is 14. The number of nitrogens with zero attached hydrogens (tertiary/aromatic N) is 4. The molecule has 0 saturated carbocycles. The Bertz CT molecular complexity index is 2010. The highest BCUT2D eigenvalue weighted by Crippen LogP contribution is 2.34. The van der Waals surface area contributed by atoms with Gasteiger partial charge in [-0.2, -0.15) is 0 Å². The molecule has 0 radical (unpaired) electrons. The standard InChI is InChI=1S/C29H28N4O12S/c1-15(34)41-14-22-23(42-16(2)35)24(43-17(3)36)25(44-18(4)37)27(45-22)46(39,40)29-31-30-28-32(19-10-6-5-7-11-19)26(38)20-12-8-9-13-21(20)33(28)29/h5-13,22-25,27H,14H2,1-4H3/t22-,23-,24+,25-,27+/m1/s1. The van der Waals surface area contributed by atoms with Crippen molar-refractivity contribution in [3.05, 3.63) is 65.0 Å². The molecule has 4 aromatic rings. The lowest BCUT2D eigenvalue weighted by molar-refractivity contribution is -0.238. The molecule has 2 aromatic heterocycles. The fourth-order valence-corrected chi connectivity index (χ4v) is 6.86. The monoisotopic (exact) mass is 656 g/mol. The molecule has 3 heterocycles. The summed E-state index contributed by atoms with van der Waals surface area (Å²) >= 11 is 0. The minimum Gasteiger partial charge on any atom is -0.463 e. The van der Waals surface area contributed by atoms with Crippen LogP contribution in [0.5, 0.6) is 0 Å². The number of esters is 4. The molecule has 0 N–H and O–H groups in total. The second-order valence-electron chi connectivity index (χ2n) is 10.2. The quantitative estimate of drug-likeness (QED) is 0.191. The Morgan fingerprint density at radius 2 is 1.37 bits per heavy atom. The zero-order valence-corrected chi connectivity index (χ0v) is 25.7. The molecule has 0 spiro atoms. The summed E-state index contributed by atoms with van der Waals surface area (Å²) in [5.74, 6) is -3.74. The van der Waals surface area contributed by atoms with Gasteiger partial charge in [0.1, 0.15) is 12.7 Å². The Morgan fingerprint density at radius 3 is 2.00 bits per heavy atom. The van der Waals surface area contributed by atoms with E-state index < -0.39 is 80.9 Å². The van der Waals surface area contributed by atoms with Gasteiger partial charge < -0.3 is 23.7 Å². The van der Waals surface area contributed by atoms with Gasteiger partial charge in [0.2, 0.25) is 21.1 Å². The number of rotatable bonds is 8. The van der Waals surface area contributed by atoms with Gasteiger partial charge in [0.25, 0.3) is 10.7 Å². The van der Waals surface area contributed by atoms with Crippen LogP contribution in [0, 0.1) is 0 Å². The molecule has 17 heteroatoms. The van der Waals surface area contributed by atoms with Crippen LogP contribution in [-0.2, 0) is 52.7 Å². The topological polar surface area (TPSA) is 201 Å². The van der Waals surface area contributed by atoms with Crippen molar-refractivity contribution in [2.24, 2.45) is 0 Å². The van der Waals surface area contributed by atoms with Gasteiger partial charge >= 0.3 is 23.9 Å². The summed E-state index contributed by atoms with van der Waals surface area (Å²) in [5, 5.41) is 7.42. The number of aromatic nitrogens is 4. The maximum atomic E-state index is 14.6. The zero-order valence-electron chi connectivity index (χ0n) is 24.9. The summed E-state index contributed by atoms with van der Waals surface area (Å²) in [6, 6.07) is 14.5. The van der Waals surface area contributed by atoms with E-state index in [2.05, 4.69) is 10.2 Å². The van der Waals surface area contributed by atoms with E-state index in [4.69, 9.17) is 23.7 Å². The maximum absolute atomic E-state index is 14.6. The average Bonchev–Trinajstić information content (AvgIpc) is 3.44. The molecule has 242 valence electrons. The Labute approximate surface area is 260 Å². The van der Waals surface area contributed by atoms with Gasteiger partial charge in [-0.05, 0) is 24.3 Å². The van der Waals surface area contributed by atoms with Gasteiger partial charge in [0, 0.05) is 27.7 Å². The normalized spacial score (nSPS) is 21.4. The van der Waals surface area contributed by atoms with Gasteiger partial charge in [0.05, 0.1) is 16.6 Å². The molecule has 0 aliphatic carbocycles. The second kappa shape index (κ2) is 12.7. The van der Waals surface area contributed by atoms with Gasteiger partial charge in [-0.15, -0.1) is 10.2 Å². The van der Waals surface area contributed by atoms with E-state index in [-0.39, 0.29) is 16.7 Å². The van der Waals surface area contributed by atoms with Crippen molar-refractivity contribution in [2.75, 3.05) is 6.61 Å². The third-order valence-electron chi connectivity index (χ3n) is 6.92. The number of fused-ring (bicyclic) bond motifs is 3. The first-order valence-electron chi connectivity index (χ1n) is 13.8. The molecule has 1 fully saturated rings. The van der Waals surface area contributed by atoms with E-state index in [1.54, 1.807) is 42.5 Å². The van der Waals surface area contributed by atoms with Crippen LogP contribution in [0.25, 0.3) is 22.4 Å². The van der Waals surface area contributed by atoms with E-state index in [0.717, 1.165) is 32.1 Å². The van der Waals surface area contributed by atoms with Crippen LogP contribution in [0.2, 0.25) is 0 Å². The number of hydrogen-bond donors (Lipinski definition) is 0. The highest BCUT2D eigenvalue weighted by Gasteiger charge is 2.57. The molecule has 2 aromatic carbocycles. The highest BCUT2D eigenvalue weighted by atomic mass is 32.2. The van der Waals surface area contributed by atoms with Crippen molar-refractivity contribution in [3.63, 3.8) is 0 Å². The molecule has 16 nitrogen and oxygen atoms in total. The first-order valence-corrected chi connectivity index (χ1v) is 15.3. The summed E-state index contributed by atoms with van der Waals surface area (Å²) in [4.78, 5) is 61.9. The van der Waals surface area contributed by atoms with Crippen LogP contribution in [0.4, 0.5) is 0 Å². The lowest BCUT2D eigenvalue weighted by Crippen LogP contribution is -2.64. The van der Waals surface area contributed by atoms with Crippen LogP contribution in [0.15, 0.2) is 64.5 Å². The molecule has 5 atom stereocenters. The minimum absolute atomic E-state index is 0.122. The van der Waals surface area contributed by atoms with Gasteiger partial charge in [0.15, 0.2) is 18.3 Å². The number of para-hydroxylation sites is 2. The number of sulfone groups is 1. The minimum atomic E-state index is -4.93. The molecule has 1 saturated heterocycles. The third-order valence-corrected chi connectivity index (χ3v) is 8.68. The van der Waals surface area contributed by atoms with Crippen molar-refractivity contribution in [2.45, 2.75) is 62.7 Å². The first kappa shape index (κ1) is 32.2. The molecule has 0 bridgehead atoms.